The Morgan fingerprint density at radius 1 is 0.963 bits per heavy atom. The van der Waals surface area contributed by atoms with E-state index in [-0.39, 0.29) is 16.5 Å². The van der Waals surface area contributed by atoms with Crippen LogP contribution < -0.4 is 4.83 Å². The van der Waals surface area contributed by atoms with Crippen molar-refractivity contribution in [2.45, 2.75) is 31.1 Å². The molecule has 0 spiro atoms. The average Bonchev–Trinajstić information content (AvgIpc) is 2.70. The van der Waals surface area contributed by atoms with Gasteiger partial charge in [-0.25, -0.2) is 0 Å². The maximum Gasteiger partial charge on any atom is 0.276 e. The van der Waals surface area contributed by atoms with Gasteiger partial charge in [0.2, 0.25) is 0 Å². The molecule has 3 rings (SSSR count). The van der Waals surface area contributed by atoms with Crippen LogP contribution in [0.1, 0.15) is 30.4 Å². The van der Waals surface area contributed by atoms with Crippen LogP contribution in [-0.4, -0.2) is 38.0 Å². The Labute approximate surface area is 159 Å². The third kappa shape index (κ3) is 4.74. The number of nitrogens with one attached hydrogen (secondary N) is 1. The lowest BCUT2D eigenvalue weighted by Crippen LogP contribution is -2.41. The summed E-state index contributed by atoms with van der Waals surface area (Å²) in [5.41, 5.74) is 1.65. The molecule has 0 atom stereocenters. The summed E-state index contributed by atoms with van der Waals surface area (Å²) in [6.45, 7) is 3.21. The van der Waals surface area contributed by atoms with Gasteiger partial charge >= 0.3 is 0 Å². The van der Waals surface area contributed by atoms with Crippen LogP contribution in [0.25, 0.3) is 0 Å². The molecular weight excluding hydrogens is 362 g/mol. The van der Waals surface area contributed by atoms with Gasteiger partial charge in [-0.3, -0.25) is 4.79 Å². The van der Waals surface area contributed by atoms with Crippen LogP contribution in [0.4, 0.5) is 0 Å². The van der Waals surface area contributed by atoms with Crippen LogP contribution in [0.3, 0.4) is 0 Å². The predicted molar refractivity (Wildman–Crippen MR) is 105 cm³/mol. The highest BCUT2D eigenvalue weighted by atomic mass is 32.2. The average molecular weight is 385 g/mol. The number of carbonyl (C=O) groups excluding carboxylic acids is 1. The number of aryl methyl sites for hydroxylation is 1. The Kier molecular flexibility index (Phi) is 5.91. The molecule has 0 radical (unpaired) electrons. The van der Waals surface area contributed by atoms with Crippen LogP contribution >= 0.6 is 0 Å². The Morgan fingerprint density at radius 2 is 1.59 bits per heavy atom. The molecule has 0 aromatic heterocycles. The summed E-state index contributed by atoms with van der Waals surface area (Å²) in [6, 6.07) is 15.4. The summed E-state index contributed by atoms with van der Waals surface area (Å²) >= 11 is 0. The fourth-order valence-corrected chi connectivity index (χ4v) is 3.77. The van der Waals surface area contributed by atoms with Gasteiger partial charge in [-0.15, -0.1) is 0 Å². The zero-order valence-corrected chi connectivity index (χ0v) is 16.1. The second-order valence-electron chi connectivity index (χ2n) is 6.59. The molecule has 0 bridgehead atoms. The number of sulfonamides is 1. The van der Waals surface area contributed by atoms with Crippen LogP contribution in [-0.2, 0) is 14.8 Å². The van der Waals surface area contributed by atoms with Crippen LogP contribution in [0, 0.1) is 6.92 Å². The Morgan fingerprint density at radius 3 is 2.22 bits per heavy atom. The van der Waals surface area contributed by atoms with Crippen molar-refractivity contribution >= 4 is 21.6 Å². The Hall–Kier alpha value is -2.67. The number of nitrogens with zero attached hydrogens (tertiary/aromatic N) is 2. The molecule has 1 N–H and O–H groups in total. The van der Waals surface area contributed by atoms with Gasteiger partial charge in [0, 0.05) is 18.7 Å². The molecule has 0 saturated carbocycles. The van der Waals surface area contributed by atoms with Gasteiger partial charge < -0.3 is 4.90 Å². The van der Waals surface area contributed by atoms with Crippen molar-refractivity contribution in [3.8, 4) is 0 Å². The maximum absolute atomic E-state index is 13.0. The second kappa shape index (κ2) is 8.35. The van der Waals surface area contributed by atoms with Gasteiger partial charge in [0.05, 0.1) is 4.90 Å². The van der Waals surface area contributed by atoms with Crippen molar-refractivity contribution in [3.63, 3.8) is 0 Å². The van der Waals surface area contributed by atoms with E-state index in [1.165, 1.54) is 12.1 Å². The number of benzene rings is 2. The quantitative estimate of drug-likeness (QED) is 0.635. The Balaban J connectivity index is 1.90. The lowest BCUT2D eigenvalue weighted by Gasteiger charge is -2.27. The molecule has 1 fully saturated rings. The summed E-state index contributed by atoms with van der Waals surface area (Å²) in [7, 11) is -3.85. The first-order valence-corrected chi connectivity index (χ1v) is 10.5. The summed E-state index contributed by atoms with van der Waals surface area (Å²) in [5.74, 6) is -0.257. The minimum atomic E-state index is -3.85. The zero-order valence-electron chi connectivity index (χ0n) is 15.3. The highest BCUT2D eigenvalue weighted by Crippen LogP contribution is 2.13. The van der Waals surface area contributed by atoms with Crippen LogP contribution in [0.15, 0.2) is 64.6 Å². The van der Waals surface area contributed by atoms with E-state index < -0.39 is 10.0 Å². The van der Waals surface area contributed by atoms with Gasteiger partial charge in [0.25, 0.3) is 15.9 Å². The number of hydrogen-bond donors (Lipinski definition) is 1. The second-order valence-corrected chi connectivity index (χ2v) is 8.25. The third-order valence-corrected chi connectivity index (χ3v) is 5.73. The molecule has 27 heavy (non-hydrogen) atoms. The van der Waals surface area contributed by atoms with Crippen molar-refractivity contribution in [2.75, 3.05) is 13.1 Å². The standard InChI is InChI=1S/C20H23N3O3S/c1-16-10-12-18(13-11-16)27(25,26)22-21-19(17-8-4-2-5-9-17)20(24)23-14-6-3-7-15-23/h2,4-5,8-13,22H,3,6-7,14-15H2,1H3. The van der Waals surface area contributed by atoms with E-state index in [1.807, 2.05) is 13.0 Å². The largest absolute Gasteiger partial charge is 0.337 e. The van der Waals surface area contributed by atoms with E-state index in [0.717, 1.165) is 24.8 Å². The molecule has 0 aliphatic carbocycles. The smallest absolute Gasteiger partial charge is 0.276 e. The molecule has 1 aliphatic heterocycles. The molecule has 1 heterocycles. The third-order valence-electron chi connectivity index (χ3n) is 4.50. The van der Waals surface area contributed by atoms with Gasteiger partial charge in [-0.05, 0) is 38.3 Å². The molecule has 1 amide bonds. The van der Waals surface area contributed by atoms with E-state index in [9.17, 15) is 13.2 Å². The van der Waals surface area contributed by atoms with Gasteiger partial charge in [0.15, 0.2) is 5.71 Å². The number of hydrazone groups is 1. The van der Waals surface area contributed by atoms with Gasteiger partial charge in [-0.2, -0.15) is 18.4 Å². The van der Waals surface area contributed by atoms with Crippen molar-refractivity contribution in [1.29, 1.82) is 0 Å². The molecule has 6 nitrogen and oxygen atoms in total. The predicted octanol–water partition coefficient (Wildman–Crippen LogP) is 2.69. The van der Waals surface area contributed by atoms with E-state index in [0.29, 0.717) is 18.7 Å². The molecule has 142 valence electrons. The number of carbonyl (C=O) groups is 1. The lowest BCUT2D eigenvalue weighted by molar-refractivity contribution is -0.124. The minimum Gasteiger partial charge on any atom is -0.337 e. The molecule has 1 aliphatic rings. The van der Waals surface area contributed by atoms with Gasteiger partial charge in [0.1, 0.15) is 0 Å². The Bertz CT molecular complexity index is 917. The normalized spacial score (nSPS) is 15.4. The SMILES string of the molecule is Cc1ccc(S(=O)(=O)NN=C(C(=O)N2CCCCC2)c2ccccc2)cc1. The highest BCUT2D eigenvalue weighted by molar-refractivity contribution is 7.89. The minimum absolute atomic E-state index is 0.105. The molecule has 1 saturated heterocycles. The van der Waals surface area contributed by atoms with Crippen molar-refractivity contribution < 1.29 is 13.2 Å². The molecule has 2 aromatic carbocycles. The number of hydrogen-bond acceptors (Lipinski definition) is 4. The number of likely N-dealkylation sites (tertiary alicyclic amines) is 1. The lowest BCUT2D eigenvalue weighted by atomic mass is 10.1. The fraction of sp³-hybridized carbons (Fsp3) is 0.300. The first-order chi connectivity index (χ1) is 13.0. The van der Waals surface area contributed by atoms with E-state index >= 15 is 0 Å². The number of rotatable bonds is 5. The van der Waals surface area contributed by atoms with Crippen molar-refractivity contribution in [3.05, 3.63) is 65.7 Å². The summed E-state index contributed by atoms with van der Waals surface area (Å²) < 4.78 is 25.1. The fourth-order valence-electron chi connectivity index (χ4n) is 2.95. The topological polar surface area (TPSA) is 78.8 Å². The van der Waals surface area contributed by atoms with Crippen molar-refractivity contribution in [2.24, 2.45) is 5.10 Å². The van der Waals surface area contributed by atoms with Gasteiger partial charge in [-0.1, -0.05) is 48.0 Å². The van der Waals surface area contributed by atoms with E-state index in [4.69, 9.17) is 0 Å². The summed E-state index contributed by atoms with van der Waals surface area (Å²) in [6.07, 6.45) is 2.99. The highest BCUT2D eigenvalue weighted by Gasteiger charge is 2.24. The summed E-state index contributed by atoms with van der Waals surface area (Å²) in [5, 5.41) is 4.03. The zero-order chi connectivity index (χ0) is 19.3. The van der Waals surface area contributed by atoms with Crippen LogP contribution in [0.2, 0.25) is 0 Å². The molecule has 0 unspecified atom stereocenters. The maximum atomic E-state index is 13.0. The molecular formula is C20H23N3O3S. The number of piperidine rings is 1. The first kappa shape index (κ1) is 19.1. The van der Waals surface area contributed by atoms with E-state index in [2.05, 4.69) is 9.93 Å². The molecule has 2 aromatic rings. The first-order valence-electron chi connectivity index (χ1n) is 8.98. The molecule has 7 heteroatoms. The van der Waals surface area contributed by atoms with Crippen LogP contribution in [0.5, 0.6) is 0 Å². The van der Waals surface area contributed by atoms with Crippen molar-refractivity contribution in [1.82, 2.24) is 9.73 Å². The summed E-state index contributed by atoms with van der Waals surface area (Å²) in [4.78, 5) is 17.0. The van der Waals surface area contributed by atoms with E-state index in [1.54, 1.807) is 41.3 Å². The monoisotopic (exact) mass is 385 g/mol. The number of amides is 1.